The summed E-state index contributed by atoms with van der Waals surface area (Å²) < 4.78 is 13.4. The lowest BCUT2D eigenvalue weighted by atomic mass is 10.2. The molecule has 1 atom stereocenters. The Hall–Kier alpha value is -2.67. The predicted molar refractivity (Wildman–Crippen MR) is 86.1 cm³/mol. The van der Waals surface area contributed by atoms with Crippen molar-refractivity contribution in [2.75, 3.05) is 6.61 Å². The van der Waals surface area contributed by atoms with Crippen LogP contribution < -0.4 is 4.74 Å². The Morgan fingerprint density at radius 2 is 2.08 bits per heavy atom. The van der Waals surface area contributed by atoms with E-state index in [-0.39, 0.29) is 6.04 Å². The molecule has 0 N–H and O–H groups in total. The molecule has 0 amide bonds. The monoisotopic (exact) mass is 325 g/mol. The molecule has 0 saturated carbocycles. The van der Waals surface area contributed by atoms with Crippen LogP contribution >= 0.6 is 0 Å². The van der Waals surface area contributed by atoms with Crippen LogP contribution in [0.25, 0.3) is 0 Å². The molecular weight excluding hydrogens is 306 g/mol. The molecule has 1 aliphatic heterocycles. The van der Waals surface area contributed by atoms with Crippen molar-refractivity contribution < 1.29 is 9.15 Å². The SMILES string of the molecule is c1cnc(OC[C@H]2CCn3nccc3CN2Cc2ccco2)nc1. The maximum atomic E-state index is 5.80. The Morgan fingerprint density at radius 1 is 1.17 bits per heavy atom. The van der Waals surface area contributed by atoms with E-state index in [1.165, 1.54) is 5.69 Å². The van der Waals surface area contributed by atoms with Crippen LogP contribution in [0.15, 0.2) is 53.5 Å². The standard InChI is InChI=1S/C17H19N5O2/c1-3-16(23-10-1)12-21-11-14-4-8-20-22(14)9-5-15(21)13-24-17-18-6-2-7-19-17/h1-4,6-8,10,15H,5,9,11-13H2/t15-/m1/s1. The van der Waals surface area contributed by atoms with Crippen molar-refractivity contribution in [1.82, 2.24) is 24.6 Å². The highest BCUT2D eigenvalue weighted by Gasteiger charge is 2.25. The zero-order valence-corrected chi connectivity index (χ0v) is 13.3. The first kappa shape index (κ1) is 14.9. The fourth-order valence-electron chi connectivity index (χ4n) is 2.99. The molecule has 7 nitrogen and oxygen atoms in total. The van der Waals surface area contributed by atoms with Crippen LogP contribution in [0.2, 0.25) is 0 Å². The summed E-state index contributed by atoms with van der Waals surface area (Å²) in [5.41, 5.74) is 1.21. The topological polar surface area (TPSA) is 69.2 Å². The third-order valence-electron chi connectivity index (χ3n) is 4.25. The van der Waals surface area contributed by atoms with Gasteiger partial charge >= 0.3 is 6.01 Å². The number of fused-ring (bicyclic) bond motifs is 1. The quantitative estimate of drug-likeness (QED) is 0.716. The van der Waals surface area contributed by atoms with Crippen LogP contribution in [0, 0.1) is 0 Å². The van der Waals surface area contributed by atoms with Crippen molar-refractivity contribution in [2.24, 2.45) is 0 Å². The van der Waals surface area contributed by atoms with Gasteiger partial charge < -0.3 is 9.15 Å². The first-order valence-electron chi connectivity index (χ1n) is 8.05. The molecule has 4 rings (SSSR count). The maximum Gasteiger partial charge on any atom is 0.316 e. The van der Waals surface area contributed by atoms with Crippen LogP contribution in [0.1, 0.15) is 17.9 Å². The fraction of sp³-hybridized carbons (Fsp3) is 0.353. The second kappa shape index (κ2) is 6.84. The molecule has 3 aromatic heterocycles. The van der Waals surface area contributed by atoms with Gasteiger partial charge in [0.1, 0.15) is 12.4 Å². The van der Waals surface area contributed by atoms with Gasteiger partial charge in [-0.3, -0.25) is 9.58 Å². The van der Waals surface area contributed by atoms with Gasteiger partial charge in [0.15, 0.2) is 0 Å². The zero-order valence-electron chi connectivity index (χ0n) is 13.3. The summed E-state index contributed by atoms with van der Waals surface area (Å²) in [5, 5.41) is 4.40. The molecule has 0 spiro atoms. The third kappa shape index (κ3) is 3.30. The molecule has 124 valence electrons. The van der Waals surface area contributed by atoms with Gasteiger partial charge in [-0.15, -0.1) is 0 Å². The van der Waals surface area contributed by atoms with Crippen molar-refractivity contribution in [3.05, 3.63) is 60.6 Å². The van der Waals surface area contributed by atoms with Gasteiger partial charge in [0.2, 0.25) is 0 Å². The van der Waals surface area contributed by atoms with E-state index in [1.54, 1.807) is 24.7 Å². The Labute approximate surface area is 139 Å². The summed E-state index contributed by atoms with van der Waals surface area (Å²) in [6, 6.07) is 8.42. The van der Waals surface area contributed by atoms with Gasteiger partial charge in [0.25, 0.3) is 0 Å². The second-order valence-corrected chi connectivity index (χ2v) is 5.81. The number of rotatable bonds is 5. The third-order valence-corrected chi connectivity index (χ3v) is 4.25. The van der Waals surface area contributed by atoms with E-state index in [2.05, 4.69) is 30.7 Å². The largest absolute Gasteiger partial charge is 0.468 e. The van der Waals surface area contributed by atoms with E-state index < -0.39 is 0 Å². The molecule has 0 aliphatic carbocycles. The Bertz CT molecular complexity index is 756. The molecule has 0 saturated heterocycles. The highest BCUT2D eigenvalue weighted by Crippen LogP contribution is 2.20. The van der Waals surface area contributed by atoms with Crippen molar-refractivity contribution in [3.8, 4) is 6.01 Å². The lowest BCUT2D eigenvalue weighted by Gasteiger charge is -2.28. The van der Waals surface area contributed by atoms with Crippen LogP contribution in [0.3, 0.4) is 0 Å². The number of nitrogens with zero attached hydrogens (tertiary/aromatic N) is 5. The van der Waals surface area contributed by atoms with Crippen LogP contribution in [0.5, 0.6) is 6.01 Å². The molecule has 0 fully saturated rings. The van der Waals surface area contributed by atoms with E-state index >= 15 is 0 Å². The zero-order chi connectivity index (χ0) is 16.2. The second-order valence-electron chi connectivity index (χ2n) is 5.81. The highest BCUT2D eigenvalue weighted by atomic mass is 16.5. The first-order valence-corrected chi connectivity index (χ1v) is 8.05. The number of aromatic nitrogens is 4. The van der Waals surface area contributed by atoms with Gasteiger partial charge in [-0.05, 0) is 30.7 Å². The summed E-state index contributed by atoms with van der Waals surface area (Å²) in [7, 11) is 0. The van der Waals surface area contributed by atoms with Gasteiger partial charge in [0, 0.05) is 37.7 Å². The summed E-state index contributed by atoms with van der Waals surface area (Å²) in [4.78, 5) is 10.6. The summed E-state index contributed by atoms with van der Waals surface area (Å²) >= 11 is 0. The molecule has 0 radical (unpaired) electrons. The van der Waals surface area contributed by atoms with Crippen LogP contribution in [0.4, 0.5) is 0 Å². The molecule has 3 aromatic rings. The Morgan fingerprint density at radius 3 is 2.92 bits per heavy atom. The summed E-state index contributed by atoms with van der Waals surface area (Å²) in [6.07, 6.45) is 7.88. The minimum Gasteiger partial charge on any atom is -0.468 e. The number of hydrogen-bond acceptors (Lipinski definition) is 6. The Kier molecular flexibility index (Phi) is 4.24. The molecule has 7 heteroatoms. The predicted octanol–water partition coefficient (Wildman–Crippen LogP) is 2.12. The molecule has 24 heavy (non-hydrogen) atoms. The van der Waals surface area contributed by atoms with Crippen molar-refractivity contribution in [3.63, 3.8) is 0 Å². The molecular formula is C17H19N5O2. The van der Waals surface area contributed by atoms with Gasteiger partial charge in [-0.2, -0.15) is 5.10 Å². The van der Waals surface area contributed by atoms with Crippen LogP contribution in [-0.2, 0) is 19.6 Å². The smallest absolute Gasteiger partial charge is 0.316 e. The van der Waals surface area contributed by atoms with E-state index in [0.29, 0.717) is 12.6 Å². The molecule has 0 unspecified atom stereocenters. The average Bonchev–Trinajstić information content (AvgIpc) is 3.25. The minimum absolute atomic E-state index is 0.237. The fourth-order valence-corrected chi connectivity index (χ4v) is 2.99. The van der Waals surface area contributed by atoms with Crippen molar-refractivity contribution >= 4 is 0 Å². The van der Waals surface area contributed by atoms with Gasteiger partial charge in [0.05, 0.1) is 18.5 Å². The highest BCUT2D eigenvalue weighted by molar-refractivity contribution is 5.05. The lowest BCUT2D eigenvalue weighted by Crippen LogP contribution is -2.38. The van der Waals surface area contributed by atoms with E-state index in [1.807, 2.05) is 18.3 Å². The van der Waals surface area contributed by atoms with Gasteiger partial charge in [-0.1, -0.05) is 0 Å². The number of aryl methyl sites for hydroxylation is 1. The molecule has 0 aromatic carbocycles. The lowest BCUT2D eigenvalue weighted by molar-refractivity contribution is 0.106. The number of furan rings is 1. The average molecular weight is 325 g/mol. The molecule has 0 bridgehead atoms. The molecule has 4 heterocycles. The Balaban J connectivity index is 1.50. The molecule has 1 aliphatic rings. The van der Waals surface area contributed by atoms with E-state index in [9.17, 15) is 0 Å². The van der Waals surface area contributed by atoms with Crippen molar-refractivity contribution in [2.45, 2.75) is 32.1 Å². The van der Waals surface area contributed by atoms with E-state index in [4.69, 9.17) is 9.15 Å². The van der Waals surface area contributed by atoms with Gasteiger partial charge in [-0.25, -0.2) is 9.97 Å². The van der Waals surface area contributed by atoms with E-state index in [0.717, 1.165) is 31.8 Å². The summed E-state index contributed by atoms with van der Waals surface area (Å²) in [5.74, 6) is 0.948. The minimum atomic E-state index is 0.237. The van der Waals surface area contributed by atoms with Crippen molar-refractivity contribution in [1.29, 1.82) is 0 Å². The normalized spacial score (nSPS) is 18.1. The maximum absolute atomic E-state index is 5.80. The number of ether oxygens (including phenoxy) is 1. The summed E-state index contributed by atoms with van der Waals surface area (Å²) in [6.45, 7) is 2.96. The first-order chi connectivity index (χ1) is 11.9. The van der Waals surface area contributed by atoms with Crippen LogP contribution in [-0.4, -0.2) is 37.3 Å². The number of hydrogen-bond donors (Lipinski definition) is 0.